The van der Waals surface area contributed by atoms with E-state index in [-0.39, 0.29) is 12.4 Å². The highest BCUT2D eigenvalue weighted by Crippen LogP contribution is 2.21. The quantitative estimate of drug-likeness (QED) is 0.793. The van der Waals surface area contributed by atoms with Crippen molar-refractivity contribution < 1.29 is 14.0 Å². The van der Waals surface area contributed by atoms with Crippen molar-refractivity contribution in [3.8, 4) is 11.3 Å². The molecule has 0 bridgehead atoms. The summed E-state index contributed by atoms with van der Waals surface area (Å²) in [6, 6.07) is 7.78. The first-order valence-electron chi connectivity index (χ1n) is 4.12. The van der Waals surface area contributed by atoms with Crippen LogP contribution in [-0.4, -0.2) is 10.3 Å². The number of hydrogen-bond acceptors (Lipinski definition) is 3. The van der Waals surface area contributed by atoms with Crippen LogP contribution < -0.4 is 0 Å². The lowest BCUT2D eigenvalue weighted by Crippen LogP contribution is -1.82. The van der Waals surface area contributed by atoms with Gasteiger partial charge < -0.3 is 9.63 Å². The molecule has 0 spiro atoms. The summed E-state index contributed by atoms with van der Waals surface area (Å²) in [5.74, 6) is -0.0338. The Morgan fingerprint density at radius 2 is 2.14 bits per heavy atom. The van der Waals surface area contributed by atoms with Crippen molar-refractivity contribution in [3.05, 3.63) is 41.9 Å². The highest BCUT2D eigenvalue weighted by atomic mass is 19.1. The van der Waals surface area contributed by atoms with E-state index in [0.29, 0.717) is 17.0 Å². The Balaban J connectivity index is 2.44. The Kier molecular flexibility index (Phi) is 2.28. The fraction of sp³-hybridized carbons (Fsp3) is 0.100. The molecule has 1 N–H and O–H groups in total. The SMILES string of the molecule is OCc1cc(-c2ccccc2F)no1. The van der Waals surface area contributed by atoms with Gasteiger partial charge in [0.1, 0.15) is 18.1 Å². The number of hydrogen-bond donors (Lipinski definition) is 1. The van der Waals surface area contributed by atoms with Crippen LogP contribution in [0.25, 0.3) is 11.3 Å². The van der Waals surface area contributed by atoms with Crippen LogP contribution in [0.2, 0.25) is 0 Å². The van der Waals surface area contributed by atoms with Gasteiger partial charge in [-0.1, -0.05) is 17.3 Å². The van der Waals surface area contributed by atoms with Gasteiger partial charge in [0.2, 0.25) is 0 Å². The maximum atomic E-state index is 13.2. The Morgan fingerprint density at radius 1 is 1.36 bits per heavy atom. The molecule has 14 heavy (non-hydrogen) atoms. The maximum Gasteiger partial charge on any atom is 0.162 e. The van der Waals surface area contributed by atoms with Gasteiger partial charge in [0.15, 0.2) is 5.76 Å². The molecule has 0 fully saturated rings. The monoisotopic (exact) mass is 193 g/mol. The zero-order chi connectivity index (χ0) is 9.97. The first kappa shape index (κ1) is 8.90. The number of aliphatic hydroxyl groups is 1. The molecule has 72 valence electrons. The lowest BCUT2D eigenvalue weighted by molar-refractivity contribution is 0.229. The maximum absolute atomic E-state index is 13.2. The van der Waals surface area contributed by atoms with Crippen LogP contribution in [0, 0.1) is 5.82 Å². The molecule has 0 amide bonds. The summed E-state index contributed by atoms with van der Waals surface area (Å²) < 4.78 is 18.0. The first-order chi connectivity index (χ1) is 6.81. The molecular formula is C10H8FNO2. The normalized spacial score (nSPS) is 10.4. The zero-order valence-corrected chi connectivity index (χ0v) is 7.27. The largest absolute Gasteiger partial charge is 0.388 e. The van der Waals surface area contributed by atoms with Crippen LogP contribution in [0.5, 0.6) is 0 Å². The Bertz CT molecular complexity index is 439. The number of aromatic nitrogens is 1. The van der Waals surface area contributed by atoms with E-state index in [2.05, 4.69) is 5.16 Å². The molecular weight excluding hydrogens is 185 g/mol. The molecule has 1 heterocycles. The minimum absolute atomic E-state index is 0.235. The summed E-state index contributed by atoms with van der Waals surface area (Å²) in [6.45, 7) is -0.235. The second-order valence-corrected chi connectivity index (χ2v) is 2.82. The van der Waals surface area contributed by atoms with E-state index >= 15 is 0 Å². The van der Waals surface area contributed by atoms with Gasteiger partial charge in [-0.2, -0.15) is 0 Å². The minimum Gasteiger partial charge on any atom is -0.388 e. The van der Waals surface area contributed by atoms with Crippen molar-refractivity contribution in [2.75, 3.05) is 0 Å². The van der Waals surface area contributed by atoms with E-state index in [1.54, 1.807) is 18.2 Å². The van der Waals surface area contributed by atoms with Gasteiger partial charge in [0, 0.05) is 11.6 Å². The number of aliphatic hydroxyl groups excluding tert-OH is 1. The standard InChI is InChI=1S/C10H8FNO2/c11-9-4-2-1-3-8(9)10-5-7(6-13)14-12-10/h1-5,13H,6H2. The van der Waals surface area contributed by atoms with Crippen molar-refractivity contribution in [3.63, 3.8) is 0 Å². The molecule has 3 nitrogen and oxygen atoms in total. The van der Waals surface area contributed by atoms with Gasteiger partial charge >= 0.3 is 0 Å². The summed E-state index contributed by atoms with van der Waals surface area (Å²) >= 11 is 0. The van der Waals surface area contributed by atoms with Crippen molar-refractivity contribution in [2.45, 2.75) is 6.61 Å². The van der Waals surface area contributed by atoms with Crippen molar-refractivity contribution in [2.24, 2.45) is 0 Å². The van der Waals surface area contributed by atoms with Crippen LogP contribution in [0.1, 0.15) is 5.76 Å². The molecule has 4 heteroatoms. The van der Waals surface area contributed by atoms with Crippen LogP contribution in [0.3, 0.4) is 0 Å². The minimum atomic E-state index is -0.356. The summed E-state index contributed by atoms with van der Waals surface area (Å²) in [6.07, 6.45) is 0. The van der Waals surface area contributed by atoms with Gasteiger partial charge in [-0.15, -0.1) is 0 Å². The third-order valence-electron chi connectivity index (χ3n) is 1.86. The molecule has 0 aliphatic heterocycles. The number of rotatable bonds is 2. The topological polar surface area (TPSA) is 46.3 Å². The second-order valence-electron chi connectivity index (χ2n) is 2.82. The molecule has 1 aromatic carbocycles. The Hall–Kier alpha value is -1.68. The molecule has 0 aliphatic carbocycles. The first-order valence-corrected chi connectivity index (χ1v) is 4.12. The molecule has 0 saturated heterocycles. The van der Waals surface area contributed by atoms with Gasteiger partial charge in [0.25, 0.3) is 0 Å². The second kappa shape index (κ2) is 3.59. The summed E-state index contributed by atoms with van der Waals surface area (Å²) in [4.78, 5) is 0. The third kappa shape index (κ3) is 1.52. The number of halogens is 1. The van der Waals surface area contributed by atoms with E-state index in [1.165, 1.54) is 12.1 Å². The molecule has 0 saturated carbocycles. The van der Waals surface area contributed by atoms with Gasteiger partial charge in [-0.05, 0) is 12.1 Å². The molecule has 1 aromatic heterocycles. The Morgan fingerprint density at radius 3 is 2.79 bits per heavy atom. The molecule has 0 aliphatic rings. The predicted octanol–water partition coefficient (Wildman–Crippen LogP) is 1.97. The van der Waals surface area contributed by atoms with Crippen molar-refractivity contribution in [1.82, 2.24) is 5.16 Å². The lowest BCUT2D eigenvalue weighted by atomic mass is 10.1. The number of benzene rings is 1. The van der Waals surface area contributed by atoms with Crippen LogP contribution in [0.15, 0.2) is 34.9 Å². The van der Waals surface area contributed by atoms with E-state index in [4.69, 9.17) is 9.63 Å². The molecule has 0 atom stereocenters. The average molecular weight is 193 g/mol. The fourth-order valence-corrected chi connectivity index (χ4v) is 1.18. The fourth-order valence-electron chi connectivity index (χ4n) is 1.18. The van der Waals surface area contributed by atoms with Crippen LogP contribution >= 0.6 is 0 Å². The van der Waals surface area contributed by atoms with Crippen molar-refractivity contribution >= 4 is 0 Å². The highest BCUT2D eigenvalue weighted by Gasteiger charge is 2.09. The molecule has 2 rings (SSSR count). The van der Waals surface area contributed by atoms with E-state index in [1.807, 2.05) is 0 Å². The van der Waals surface area contributed by atoms with Crippen LogP contribution in [-0.2, 0) is 6.61 Å². The summed E-state index contributed by atoms with van der Waals surface area (Å²) in [5, 5.41) is 12.4. The van der Waals surface area contributed by atoms with Gasteiger partial charge in [-0.25, -0.2) is 4.39 Å². The average Bonchev–Trinajstić information content (AvgIpc) is 2.67. The van der Waals surface area contributed by atoms with E-state index in [0.717, 1.165) is 0 Å². The zero-order valence-electron chi connectivity index (χ0n) is 7.27. The van der Waals surface area contributed by atoms with Crippen LogP contribution in [0.4, 0.5) is 4.39 Å². The predicted molar refractivity (Wildman–Crippen MR) is 47.8 cm³/mol. The van der Waals surface area contributed by atoms with E-state index in [9.17, 15) is 4.39 Å². The summed E-state index contributed by atoms with van der Waals surface area (Å²) in [7, 11) is 0. The number of nitrogens with zero attached hydrogens (tertiary/aromatic N) is 1. The van der Waals surface area contributed by atoms with Gasteiger partial charge in [0.05, 0.1) is 0 Å². The molecule has 0 radical (unpaired) electrons. The van der Waals surface area contributed by atoms with Gasteiger partial charge in [-0.3, -0.25) is 0 Å². The molecule has 0 unspecified atom stereocenters. The third-order valence-corrected chi connectivity index (χ3v) is 1.86. The van der Waals surface area contributed by atoms with E-state index < -0.39 is 0 Å². The van der Waals surface area contributed by atoms with Crippen molar-refractivity contribution in [1.29, 1.82) is 0 Å². The summed E-state index contributed by atoms with van der Waals surface area (Å²) in [5.41, 5.74) is 0.767. The Labute approximate surface area is 79.8 Å². The highest BCUT2D eigenvalue weighted by molar-refractivity contribution is 5.59. The lowest BCUT2D eigenvalue weighted by Gasteiger charge is -1.95. The smallest absolute Gasteiger partial charge is 0.162 e. The molecule has 2 aromatic rings.